The molecule has 1 amide bonds. The highest BCUT2D eigenvalue weighted by atomic mass is 32.2. The number of nitrogens with one attached hydrogen (secondary N) is 1. The summed E-state index contributed by atoms with van der Waals surface area (Å²) in [6.07, 6.45) is 0.804. The molecule has 1 aromatic carbocycles. The first-order valence-electron chi connectivity index (χ1n) is 6.48. The highest BCUT2D eigenvalue weighted by Gasteiger charge is 2.27. The van der Waals surface area contributed by atoms with Gasteiger partial charge >= 0.3 is 0 Å². The van der Waals surface area contributed by atoms with Crippen molar-refractivity contribution in [3.8, 4) is 0 Å². The molecule has 0 bridgehead atoms. The molecule has 5 nitrogen and oxygen atoms in total. The van der Waals surface area contributed by atoms with Crippen molar-refractivity contribution in [3.63, 3.8) is 0 Å². The molecule has 1 aliphatic rings. The molecule has 2 rings (SSSR count). The lowest BCUT2D eigenvalue weighted by Crippen LogP contribution is -2.32. The molecular weight excluding hydrogens is 276 g/mol. The van der Waals surface area contributed by atoms with Crippen LogP contribution in [0, 0.1) is 5.92 Å². The molecule has 6 heteroatoms. The van der Waals surface area contributed by atoms with Crippen molar-refractivity contribution in [1.29, 1.82) is 0 Å². The second-order valence-corrected chi connectivity index (χ2v) is 6.54. The summed E-state index contributed by atoms with van der Waals surface area (Å²) in [6.45, 7) is 4.82. The Morgan fingerprint density at radius 1 is 1.40 bits per heavy atom. The smallest absolute Gasteiger partial charge is 0.253 e. The van der Waals surface area contributed by atoms with Crippen molar-refractivity contribution in [2.24, 2.45) is 5.92 Å². The van der Waals surface area contributed by atoms with Crippen molar-refractivity contribution in [2.75, 3.05) is 19.6 Å². The molecule has 1 heterocycles. The number of benzene rings is 1. The number of nitrogens with zero attached hydrogens (tertiary/aromatic N) is 1. The highest BCUT2D eigenvalue weighted by Crippen LogP contribution is 2.18. The Hall–Kier alpha value is -1.66. The Morgan fingerprint density at radius 3 is 2.75 bits per heavy atom. The van der Waals surface area contributed by atoms with E-state index in [0.29, 0.717) is 25.2 Å². The van der Waals surface area contributed by atoms with E-state index < -0.39 is 10.0 Å². The van der Waals surface area contributed by atoms with Crippen LogP contribution in [0.25, 0.3) is 0 Å². The minimum Gasteiger partial charge on any atom is -0.338 e. The van der Waals surface area contributed by atoms with Gasteiger partial charge in [-0.25, -0.2) is 13.1 Å². The lowest BCUT2D eigenvalue weighted by molar-refractivity contribution is 0.0787. The van der Waals surface area contributed by atoms with Crippen molar-refractivity contribution in [1.82, 2.24) is 9.62 Å². The Bertz CT molecular complexity index is 584. The number of likely N-dealkylation sites (tertiary alicyclic amines) is 1. The van der Waals surface area contributed by atoms with Gasteiger partial charge in [-0.05, 0) is 24.5 Å². The third kappa shape index (κ3) is 3.68. The van der Waals surface area contributed by atoms with Gasteiger partial charge in [0.1, 0.15) is 0 Å². The molecular formula is C14H18N2O3S. The van der Waals surface area contributed by atoms with Crippen LogP contribution in [0.15, 0.2) is 42.3 Å². The molecule has 1 N–H and O–H groups in total. The summed E-state index contributed by atoms with van der Waals surface area (Å²) in [5.74, 6) is 0.150. The molecule has 0 radical (unpaired) electrons. The van der Waals surface area contributed by atoms with E-state index in [9.17, 15) is 13.2 Å². The molecule has 1 atom stereocenters. The average molecular weight is 294 g/mol. The van der Waals surface area contributed by atoms with Gasteiger partial charge in [0.2, 0.25) is 10.0 Å². The van der Waals surface area contributed by atoms with E-state index >= 15 is 0 Å². The van der Waals surface area contributed by atoms with Crippen molar-refractivity contribution in [2.45, 2.75) is 6.42 Å². The third-order valence-electron chi connectivity index (χ3n) is 3.39. The van der Waals surface area contributed by atoms with Crippen LogP contribution in [0.4, 0.5) is 0 Å². The van der Waals surface area contributed by atoms with E-state index in [-0.39, 0.29) is 11.8 Å². The lowest BCUT2D eigenvalue weighted by Gasteiger charge is -2.16. The summed E-state index contributed by atoms with van der Waals surface area (Å²) in [5, 5.41) is 0.898. The third-order valence-corrected chi connectivity index (χ3v) is 4.39. The van der Waals surface area contributed by atoms with Gasteiger partial charge in [0, 0.05) is 30.6 Å². The second kappa shape index (κ2) is 6.19. The number of hydrogen-bond acceptors (Lipinski definition) is 3. The second-order valence-electron chi connectivity index (χ2n) is 4.83. The van der Waals surface area contributed by atoms with Crippen LogP contribution in [0.1, 0.15) is 16.8 Å². The Balaban J connectivity index is 1.90. The van der Waals surface area contributed by atoms with Crippen LogP contribution in [-0.4, -0.2) is 38.9 Å². The van der Waals surface area contributed by atoms with E-state index in [1.807, 2.05) is 18.2 Å². The number of sulfonamides is 1. The highest BCUT2D eigenvalue weighted by molar-refractivity contribution is 7.92. The van der Waals surface area contributed by atoms with Gasteiger partial charge < -0.3 is 4.90 Å². The van der Waals surface area contributed by atoms with E-state index in [2.05, 4.69) is 11.3 Å². The van der Waals surface area contributed by atoms with Gasteiger partial charge in [0.05, 0.1) is 0 Å². The van der Waals surface area contributed by atoms with Gasteiger partial charge in [-0.15, -0.1) is 0 Å². The Labute approximate surface area is 119 Å². The minimum absolute atomic E-state index is 0.000298. The topological polar surface area (TPSA) is 66.5 Å². The zero-order valence-electron chi connectivity index (χ0n) is 11.2. The molecule has 0 aromatic heterocycles. The number of carbonyl (C=O) groups excluding carboxylic acids is 1. The fourth-order valence-electron chi connectivity index (χ4n) is 2.24. The van der Waals surface area contributed by atoms with Crippen molar-refractivity contribution < 1.29 is 13.2 Å². The standard InChI is InChI=1S/C14H18N2O3S/c1-2-20(18,19)15-10-12-8-9-16(11-12)14(17)13-6-4-3-5-7-13/h2-7,12,15H,1,8-11H2/t12-/m1/s1. The SMILES string of the molecule is C=CS(=O)(=O)NC[C@H]1CCN(C(=O)c2ccccc2)C1. The van der Waals surface area contributed by atoms with Crippen LogP contribution in [-0.2, 0) is 10.0 Å². The largest absolute Gasteiger partial charge is 0.338 e. The summed E-state index contributed by atoms with van der Waals surface area (Å²) >= 11 is 0. The first kappa shape index (κ1) is 14.7. The zero-order chi connectivity index (χ0) is 14.6. The first-order chi connectivity index (χ1) is 9.52. The van der Waals surface area contributed by atoms with Crippen LogP contribution in [0.3, 0.4) is 0 Å². The maximum atomic E-state index is 12.2. The van der Waals surface area contributed by atoms with Gasteiger partial charge in [-0.3, -0.25) is 4.79 Å². The van der Waals surface area contributed by atoms with Crippen LogP contribution in [0.5, 0.6) is 0 Å². The maximum Gasteiger partial charge on any atom is 0.253 e. The number of amides is 1. The van der Waals surface area contributed by atoms with Gasteiger partial charge in [-0.1, -0.05) is 24.8 Å². The molecule has 0 saturated carbocycles. The van der Waals surface area contributed by atoms with Gasteiger partial charge in [-0.2, -0.15) is 0 Å². The fraction of sp³-hybridized carbons (Fsp3) is 0.357. The van der Waals surface area contributed by atoms with Crippen molar-refractivity contribution in [3.05, 3.63) is 47.9 Å². The van der Waals surface area contributed by atoms with Gasteiger partial charge in [0.15, 0.2) is 0 Å². The Kier molecular flexibility index (Phi) is 4.57. The molecule has 0 aliphatic carbocycles. The van der Waals surface area contributed by atoms with E-state index in [1.54, 1.807) is 17.0 Å². The van der Waals surface area contributed by atoms with Gasteiger partial charge in [0.25, 0.3) is 5.91 Å². The monoisotopic (exact) mass is 294 g/mol. The zero-order valence-corrected chi connectivity index (χ0v) is 12.0. The quantitative estimate of drug-likeness (QED) is 0.887. The minimum atomic E-state index is -3.39. The van der Waals surface area contributed by atoms with E-state index in [0.717, 1.165) is 11.8 Å². The molecule has 0 spiro atoms. The summed E-state index contributed by atoms with van der Waals surface area (Å²) in [7, 11) is -3.39. The summed E-state index contributed by atoms with van der Waals surface area (Å²) < 4.78 is 25.0. The van der Waals surface area contributed by atoms with Crippen LogP contribution in [0.2, 0.25) is 0 Å². The molecule has 1 aliphatic heterocycles. The molecule has 1 fully saturated rings. The predicted molar refractivity (Wildman–Crippen MR) is 77.6 cm³/mol. The number of rotatable bonds is 5. The molecule has 0 unspecified atom stereocenters. The molecule has 1 aromatic rings. The summed E-state index contributed by atoms with van der Waals surface area (Å²) in [4.78, 5) is 14.0. The van der Waals surface area contributed by atoms with E-state index in [1.165, 1.54) is 0 Å². The van der Waals surface area contributed by atoms with Crippen LogP contribution >= 0.6 is 0 Å². The number of carbonyl (C=O) groups is 1. The maximum absolute atomic E-state index is 12.2. The number of hydrogen-bond donors (Lipinski definition) is 1. The molecule has 20 heavy (non-hydrogen) atoms. The predicted octanol–water partition coefficient (Wildman–Crippen LogP) is 1.21. The fourth-order valence-corrected chi connectivity index (χ4v) is 2.83. The van der Waals surface area contributed by atoms with Crippen LogP contribution < -0.4 is 4.72 Å². The lowest BCUT2D eigenvalue weighted by atomic mass is 10.1. The summed E-state index contributed by atoms with van der Waals surface area (Å²) in [5.41, 5.74) is 0.667. The molecule has 1 saturated heterocycles. The van der Waals surface area contributed by atoms with E-state index in [4.69, 9.17) is 0 Å². The normalized spacial score (nSPS) is 19.0. The Morgan fingerprint density at radius 2 is 2.10 bits per heavy atom. The average Bonchev–Trinajstić information content (AvgIpc) is 2.94. The molecule has 108 valence electrons. The van der Waals surface area contributed by atoms with Crippen molar-refractivity contribution >= 4 is 15.9 Å². The first-order valence-corrected chi connectivity index (χ1v) is 8.03. The summed E-state index contributed by atoms with van der Waals surface area (Å²) in [6, 6.07) is 9.11.